The third-order valence-corrected chi connectivity index (χ3v) is 5.81. The van der Waals surface area contributed by atoms with Crippen molar-refractivity contribution in [3.05, 3.63) is 54.1 Å². The first-order chi connectivity index (χ1) is 12.9. The SMILES string of the molecule is COc1ccc(S(=O)(=O)N(CCc2ccccc2)CC(=O)NN)cc1OC. The van der Waals surface area contributed by atoms with E-state index in [2.05, 4.69) is 0 Å². The highest BCUT2D eigenvalue weighted by molar-refractivity contribution is 7.89. The molecule has 0 bridgehead atoms. The second kappa shape index (κ2) is 9.36. The highest BCUT2D eigenvalue weighted by Gasteiger charge is 2.27. The number of benzene rings is 2. The molecule has 2 rings (SSSR count). The van der Waals surface area contributed by atoms with Crippen LogP contribution in [-0.4, -0.2) is 45.9 Å². The topological polar surface area (TPSA) is 111 Å². The third-order valence-electron chi connectivity index (χ3n) is 3.97. The molecule has 0 saturated heterocycles. The van der Waals surface area contributed by atoms with E-state index >= 15 is 0 Å². The first-order valence-corrected chi connectivity index (χ1v) is 9.62. The molecule has 27 heavy (non-hydrogen) atoms. The molecule has 0 aromatic heterocycles. The Morgan fingerprint density at radius 1 is 1.07 bits per heavy atom. The highest BCUT2D eigenvalue weighted by Crippen LogP contribution is 2.30. The first kappa shape index (κ1) is 20.7. The van der Waals surface area contributed by atoms with E-state index in [1.165, 1.54) is 32.4 Å². The van der Waals surface area contributed by atoms with Crippen molar-refractivity contribution in [1.82, 2.24) is 9.73 Å². The zero-order chi connectivity index (χ0) is 19.9. The normalized spacial score (nSPS) is 11.3. The number of hydrazine groups is 1. The summed E-state index contributed by atoms with van der Waals surface area (Å²) in [6, 6.07) is 13.7. The molecule has 0 aliphatic heterocycles. The minimum absolute atomic E-state index is 0.00182. The molecule has 146 valence electrons. The van der Waals surface area contributed by atoms with Crippen LogP contribution >= 0.6 is 0 Å². The summed E-state index contributed by atoms with van der Waals surface area (Å²) in [5, 5.41) is 0. The molecule has 0 aliphatic carbocycles. The standard InChI is InChI=1S/C18H23N3O5S/c1-25-16-9-8-15(12-17(16)26-2)27(23,24)21(13-18(22)20-19)11-10-14-6-4-3-5-7-14/h3-9,12H,10-11,13,19H2,1-2H3,(H,20,22). The maximum atomic E-state index is 13.1. The minimum atomic E-state index is -3.95. The van der Waals surface area contributed by atoms with E-state index in [1.807, 2.05) is 35.8 Å². The molecule has 0 unspecified atom stereocenters. The van der Waals surface area contributed by atoms with Gasteiger partial charge in [-0.2, -0.15) is 4.31 Å². The summed E-state index contributed by atoms with van der Waals surface area (Å²) in [6.45, 7) is -0.270. The van der Waals surface area contributed by atoms with Gasteiger partial charge in [-0.25, -0.2) is 14.3 Å². The number of rotatable bonds is 9. The number of nitrogens with zero attached hydrogens (tertiary/aromatic N) is 1. The highest BCUT2D eigenvalue weighted by atomic mass is 32.2. The summed E-state index contributed by atoms with van der Waals surface area (Å²) in [7, 11) is -1.07. The van der Waals surface area contributed by atoms with Gasteiger partial charge in [0.1, 0.15) is 0 Å². The molecule has 0 atom stereocenters. The summed E-state index contributed by atoms with van der Waals surface area (Å²) in [4.78, 5) is 11.7. The molecule has 0 fully saturated rings. The predicted molar refractivity (Wildman–Crippen MR) is 101 cm³/mol. The lowest BCUT2D eigenvalue weighted by Gasteiger charge is -2.22. The number of amides is 1. The lowest BCUT2D eigenvalue weighted by molar-refractivity contribution is -0.121. The number of methoxy groups -OCH3 is 2. The monoisotopic (exact) mass is 393 g/mol. The largest absolute Gasteiger partial charge is 0.493 e. The lowest BCUT2D eigenvalue weighted by Crippen LogP contribution is -2.43. The number of carbonyl (C=O) groups is 1. The average Bonchev–Trinajstić information content (AvgIpc) is 2.70. The molecular weight excluding hydrogens is 370 g/mol. The lowest BCUT2D eigenvalue weighted by atomic mass is 10.1. The zero-order valence-electron chi connectivity index (χ0n) is 15.2. The Morgan fingerprint density at radius 2 is 1.74 bits per heavy atom. The van der Waals surface area contributed by atoms with E-state index < -0.39 is 15.9 Å². The van der Waals surface area contributed by atoms with E-state index in [0.29, 0.717) is 12.2 Å². The van der Waals surface area contributed by atoms with Crippen LogP contribution in [0, 0.1) is 0 Å². The smallest absolute Gasteiger partial charge is 0.249 e. The Hall–Kier alpha value is -2.62. The van der Waals surface area contributed by atoms with Crippen molar-refractivity contribution in [2.75, 3.05) is 27.3 Å². The quantitative estimate of drug-likeness (QED) is 0.372. The van der Waals surface area contributed by atoms with Crippen LogP contribution in [0.2, 0.25) is 0 Å². The molecule has 1 amide bonds. The summed E-state index contributed by atoms with van der Waals surface area (Å²) >= 11 is 0. The van der Waals surface area contributed by atoms with Crippen LogP contribution in [0.25, 0.3) is 0 Å². The fraction of sp³-hybridized carbons (Fsp3) is 0.278. The Balaban J connectivity index is 2.32. The van der Waals surface area contributed by atoms with E-state index in [4.69, 9.17) is 15.3 Å². The van der Waals surface area contributed by atoms with Gasteiger partial charge in [0.2, 0.25) is 15.9 Å². The van der Waals surface area contributed by atoms with E-state index in [-0.39, 0.29) is 23.7 Å². The van der Waals surface area contributed by atoms with Crippen LogP contribution in [0.3, 0.4) is 0 Å². The van der Waals surface area contributed by atoms with Crippen molar-refractivity contribution in [3.8, 4) is 11.5 Å². The van der Waals surface area contributed by atoms with Crippen LogP contribution < -0.4 is 20.7 Å². The first-order valence-electron chi connectivity index (χ1n) is 8.18. The number of hydrogen-bond acceptors (Lipinski definition) is 6. The van der Waals surface area contributed by atoms with Gasteiger partial charge < -0.3 is 9.47 Å². The van der Waals surface area contributed by atoms with Gasteiger partial charge in [-0.05, 0) is 24.1 Å². The molecule has 2 aromatic rings. The molecule has 2 aromatic carbocycles. The van der Waals surface area contributed by atoms with Gasteiger partial charge in [-0.3, -0.25) is 10.2 Å². The molecule has 0 heterocycles. The maximum Gasteiger partial charge on any atom is 0.249 e. The van der Waals surface area contributed by atoms with Crippen molar-refractivity contribution in [2.45, 2.75) is 11.3 Å². The van der Waals surface area contributed by atoms with Crippen molar-refractivity contribution in [3.63, 3.8) is 0 Å². The van der Waals surface area contributed by atoms with Gasteiger partial charge in [0.05, 0.1) is 25.7 Å². The van der Waals surface area contributed by atoms with Gasteiger partial charge in [0.25, 0.3) is 0 Å². The summed E-state index contributed by atoms with van der Waals surface area (Å²) < 4.78 is 37.6. The molecule has 0 saturated carbocycles. The maximum absolute atomic E-state index is 13.1. The second-order valence-electron chi connectivity index (χ2n) is 5.66. The molecule has 0 radical (unpaired) electrons. The Bertz CT molecular complexity index is 872. The van der Waals surface area contributed by atoms with E-state index in [9.17, 15) is 13.2 Å². The molecule has 0 aliphatic rings. The van der Waals surface area contributed by atoms with Crippen LogP contribution in [0.4, 0.5) is 0 Å². The number of sulfonamides is 1. The fourth-order valence-electron chi connectivity index (χ4n) is 2.51. The van der Waals surface area contributed by atoms with Crippen LogP contribution in [0.5, 0.6) is 11.5 Å². The number of ether oxygens (including phenoxy) is 2. The van der Waals surface area contributed by atoms with E-state index in [0.717, 1.165) is 9.87 Å². The summed E-state index contributed by atoms with van der Waals surface area (Å²) in [5.41, 5.74) is 2.92. The Morgan fingerprint density at radius 3 is 2.33 bits per heavy atom. The van der Waals surface area contributed by atoms with Gasteiger partial charge in [0.15, 0.2) is 11.5 Å². The Labute approximate surface area is 158 Å². The number of hydrogen-bond donors (Lipinski definition) is 2. The predicted octanol–water partition coefficient (Wildman–Crippen LogP) is 0.927. The molecule has 3 N–H and O–H groups in total. The van der Waals surface area contributed by atoms with Crippen LogP contribution in [-0.2, 0) is 21.2 Å². The average molecular weight is 393 g/mol. The summed E-state index contributed by atoms with van der Waals surface area (Å²) in [5.74, 6) is 5.22. The number of carbonyl (C=O) groups excluding carboxylic acids is 1. The number of nitrogens with two attached hydrogens (primary N) is 1. The second-order valence-corrected chi connectivity index (χ2v) is 7.60. The minimum Gasteiger partial charge on any atom is -0.493 e. The van der Waals surface area contributed by atoms with Crippen molar-refractivity contribution >= 4 is 15.9 Å². The van der Waals surface area contributed by atoms with E-state index in [1.54, 1.807) is 0 Å². The molecular formula is C18H23N3O5S. The van der Waals surface area contributed by atoms with Crippen LogP contribution in [0.15, 0.2) is 53.4 Å². The third kappa shape index (κ3) is 5.19. The molecule has 9 heteroatoms. The van der Waals surface area contributed by atoms with Crippen LogP contribution in [0.1, 0.15) is 5.56 Å². The van der Waals surface area contributed by atoms with Gasteiger partial charge in [-0.1, -0.05) is 30.3 Å². The Kier molecular flexibility index (Phi) is 7.17. The van der Waals surface area contributed by atoms with Gasteiger partial charge in [-0.15, -0.1) is 0 Å². The summed E-state index contributed by atoms with van der Waals surface area (Å²) in [6.07, 6.45) is 0.450. The number of nitrogens with one attached hydrogen (secondary N) is 1. The van der Waals surface area contributed by atoms with Gasteiger partial charge >= 0.3 is 0 Å². The molecule has 0 spiro atoms. The fourth-order valence-corrected chi connectivity index (χ4v) is 3.93. The van der Waals surface area contributed by atoms with Crippen molar-refractivity contribution < 1.29 is 22.7 Å². The van der Waals surface area contributed by atoms with Gasteiger partial charge in [0, 0.05) is 12.6 Å². The molecule has 8 nitrogen and oxygen atoms in total. The zero-order valence-corrected chi connectivity index (χ0v) is 16.0. The van der Waals surface area contributed by atoms with Crippen molar-refractivity contribution in [2.24, 2.45) is 5.84 Å². The van der Waals surface area contributed by atoms with Crippen molar-refractivity contribution in [1.29, 1.82) is 0 Å².